The molecule has 0 bridgehead atoms. The molecule has 2 N–H and O–H groups in total. The van der Waals surface area contributed by atoms with Gasteiger partial charge in [-0.2, -0.15) is 0 Å². The molecule has 1 amide bonds. The Balaban J connectivity index is 1.78. The second-order valence-corrected chi connectivity index (χ2v) is 8.92. The summed E-state index contributed by atoms with van der Waals surface area (Å²) >= 11 is 1.54. The fourth-order valence-electron chi connectivity index (χ4n) is 3.59. The van der Waals surface area contributed by atoms with E-state index in [1.165, 1.54) is 23.5 Å². The van der Waals surface area contributed by atoms with Crippen LogP contribution in [0.15, 0.2) is 72.9 Å². The molecular weight excluding hydrogens is 421 g/mol. The predicted molar refractivity (Wildman–Crippen MR) is 129 cm³/mol. The number of hydrogen-bond donors (Lipinski definition) is 2. The van der Waals surface area contributed by atoms with Gasteiger partial charge in [-0.05, 0) is 73.9 Å². The van der Waals surface area contributed by atoms with Crippen LogP contribution in [0.5, 0.6) is 0 Å². The normalized spacial score (nSPS) is 11.8. The summed E-state index contributed by atoms with van der Waals surface area (Å²) in [5, 5.41) is 7.36. The molecule has 0 saturated carbocycles. The zero-order chi connectivity index (χ0) is 22.7. The molecule has 0 aliphatic carbocycles. The van der Waals surface area contributed by atoms with Gasteiger partial charge in [-0.25, -0.2) is 9.37 Å². The number of hydrogen-bond acceptors (Lipinski definition) is 4. The lowest BCUT2D eigenvalue weighted by molar-refractivity contribution is 0.102. The summed E-state index contributed by atoms with van der Waals surface area (Å²) < 4.78 is 13.7. The molecule has 0 fully saturated rings. The van der Waals surface area contributed by atoms with E-state index in [2.05, 4.69) is 15.6 Å². The van der Waals surface area contributed by atoms with Gasteiger partial charge in [-0.15, -0.1) is 11.3 Å². The van der Waals surface area contributed by atoms with Gasteiger partial charge in [0.15, 0.2) is 0 Å². The van der Waals surface area contributed by atoms with Crippen molar-refractivity contribution in [3.05, 3.63) is 111 Å². The third kappa shape index (κ3) is 4.70. The minimum atomic E-state index is -0.319. The number of halogens is 1. The molecule has 0 aliphatic heterocycles. The highest BCUT2D eigenvalue weighted by atomic mass is 32.1. The zero-order valence-corrected chi connectivity index (χ0v) is 19.0. The Labute approximate surface area is 191 Å². The molecule has 4 rings (SSSR count). The number of aryl methyl sites for hydroxylation is 2. The fourth-order valence-corrected chi connectivity index (χ4v) is 4.68. The van der Waals surface area contributed by atoms with E-state index in [1.807, 2.05) is 51.1 Å². The molecule has 0 spiro atoms. The Hall–Kier alpha value is -3.51. The van der Waals surface area contributed by atoms with Crippen molar-refractivity contribution in [1.82, 2.24) is 4.98 Å². The van der Waals surface area contributed by atoms with Crippen molar-refractivity contribution in [1.29, 1.82) is 0 Å². The van der Waals surface area contributed by atoms with Crippen LogP contribution in [0.4, 0.5) is 15.2 Å². The number of amides is 1. The van der Waals surface area contributed by atoms with Gasteiger partial charge >= 0.3 is 0 Å². The van der Waals surface area contributed by atoms with Crippen LogP contribution in [-0.2, 0) is 0 Å². The Kier molecular flexibility index (Phi) is 6.32. The Morgan fingerprint density at radius 1 is 1.00 bits per heavy atom. The monoisotopic (exact) mass is 445 g/mol. The second-order valence-electron chi connectivity index (χ2n) is 7.69. The first-order chi connectivity index (χ1) is 15.4. The number of nitrogens with zero attached hydrogens (tertiary/aromatic N) is 1. The summed E-state index contributed by atoms with van der Waals surface area (Å²) in [5.74, 6) is 0.250. The van der Waals surface area contributed by atoms with Crippen LogP contribution < -0.4 is 10.6 Å². The number of rotatable bonds is 6. The molecule has 32 heavy (non-hydrogen) atoms. The molecule has 2 aromatic heterocycles. The molecule has 0 unspecified atom stereocenters. The topological polar surface area (TPSA) is 54.0 Å². The van der Waals surface area contributed by atoms with E-state index >= 15 is 0 Å². The third-order valence-corrected chi connectivity index (χ3v) is 6.53. The summed E-state index contributed by atoms with van der Waals surface area (Å²) in [6, 6.07) is 19.1. The average Bonchev–Trinajstić information content (AvgIpc) is 3.06. The number of pyridine rings is 1. The highest BCUT2D eigenvalue weighted by Gasteiger charge is 2.25. The van der Waals surface area contributed by atoms with E-state index in [9.17, 15) is 9.18 Å². The summed E-state index contributed by atoms with van der Waals surface area (Å²) in [7, 11) is 0. The third-order valence-electron chi connectivity index (χ3n) is 5.39. The summed E-state index contributed by atoms with van der Waals surface area (Å²) in [5.41, 5.74) is 4.58. The fraction of sp³-hybridized carbons (Fsp3) is 0.154. The van der Waals surface area contributed by atoms with Crippen LogP contribution in [0.1, 0.15) is 43.5 Å². The van der Waals surface area contributed by atoms with E-state index in [4.69, 9.17) is 0 Å². The maximum atomic E-state index is 13.7. The van der Waals surface area contributed by atoms with Crippen LogP contribution >= 0.6 is 11.3 Å². The van der Waals surface area contributed by atoms with Gasteiger partial charge in [0, 0.05) is 22.2 Å². The van der Waals surface area contributed by atoms with Gasteiger partial charge in [0.1, 0.15) is 16.6 Å². The van der Waals surface area contributed by atoms with Gasteiger partial charge in [0.2, 0.25) is 0 Å². The maximum absolute atomic E-state index is 13.7. The number of carbonyl (C=O) groups is 1. The number of benzene rings is 2. The summed E-state index contributed by atoms with van der Waals surface area (Å²) in [4.78, 5) is 18.5. The van der Waals surface area contributed by atoms with Crippen molar-refractivity contribution >= 4 is 28.1 Å². The van der Waals surface area contributed by atoms with E-state index < -0.39 is 0 Å². The van der Waals surface area contributed by atoms with E-state index in [0.29, 0.717) is 11.4 Å². The van der Waals surface area contributed by atoms with Gasteiger partial charge in [0.05, 0.1) is 6.04 Å². The highest BCUT2D eigenvalue weighted by molar-refractivity contribution is 7.16. The van der Waals surface area contributed by atoms with Crippen molar-refractivity contribution in [2.45, 2.75) is 26.8 Å². The molecule has 6 heteroatoms. The molecule has 2 aromatic carbocycles. The van der Waals surface area contributed by atoms with E-state index in [0.717, 1.165) is 32.1 Å². The van der Waals surface area contributed by atoms with Crippen LogP contribution in [0.25, 0.3) is 0 Å². The van der Waals surface area contributed by atoms with Crippen molar-refractivity contribution in [2.75, 3.05) is 10.6 Å². The van der Waals surface area contributed by atoms with E-state index in [1.54, 1.807) is 30.5 Å². The summed E-state index contributed by atoms with van der Waals surface area (Å²) in [6.45, 7) is 6.08. The lowest BCUT2D eigenvalue weighted by atomic mass is 9.96. The molecule has 0 aliphatic rings. The van der Waals surface area contributed by atoms with E-state index in [-0.39, 0.29) is 17.8 Å². The molecule has 0 radical (unpaired) electrons. The molecule has 1 atom stereocenters. The largest absolute Gasteiger partial charge is 0.359 e. The second kappa shape index (κ2) is 9.32. The van der Waals surface area contributed by atoms with Crippen molar-refractivity contribution < 1.29 is 9.18 Å². The number of nitrogens with one attached hydrogen (secondary N) is 2. The van der Waals surface area contributed by atoms with Gasteiger partial charge in [-0.3, -0.25) is 4.79 Å². The first kappa shape index (κ1) is 21.7. The first-order valence-corrected chi connectivity index (χ1v) is 11.1. The standard InChI is InChI=1S/C26H24FN3OS/c1-16-13-14-28-22(15-16)29-24(19-9-11-21(27)12-10-19)23-17(2)18(3)32-26(23)30-25(31)20-7-5-4-6-8-20/h4-15,24H,1-3H3,(H,28,29)(H,30,31)/t24-/m0/s1. The predicted octanol–water partition coefficient (Wildman–Crippen LogP) is 6.66. The van der Waals surface area contributed by atoms with Crippen LogP contribution in [0.2, 0.25) is 0 Å². The summed E-state index contributed by atoms with van der Waals surface area (Å²) in [6.07, 6.45) is 1.75. The first-order valence-electron chi connectivity index (χ1n) is 10.3. The Morgan fingerprint density at radius 3 is 2.41 bits per heavy atom. The van der Waals surface area contributed by atoms with Crippen molar-refractivity contribution in [2.24, 2.45) is 0 Å². The molecule has 2 heterocycles. The maximum Gasteiger partial charge on any atom is 0.256 e. The number of anilines is 2. The van der Waals surface area contributed by atoms with Gasteiger partial charge in [-0.1, -0.05) is 30.3 Å². The number of carbonyl (C=O) groups excluding carboxylic acids is 1. The lowest BCUT2D eigenvalue weighted by Gasteiger charge is -2.22. The molecule has 4 aromatic rings. The van der Waals surface area contributed by atoms with Crippen LogP contribution in [0, 0.1) is 26.6 Å². The smallest absolute Gasteiger partial charge is 0.256 e. The Morgan fingerprint density at radius 2 is 1.72 bits per heavy atom. The van der Waals surface area contributed by atoms with Crippen LogP contribution in [0.3, 0.4) is 0 Å². The Bertz CT molecular complexity index is 1240. The SMILES string of the molecule is Cc1ccnc(N[C@@H](c2ccc(F)cc2)c2c(NC(=O)c3ccccc3)sc(C)c2C)c1. The van der Waals surface area contributed by atoms with Crippen LogP contribution in [-0.4, -0.2) is 10.9 Å². The van der Waals surface area contributed by atoms with Crippen molar-refractivity contribution in [3.63, 3.8) is 0 Å². The number of thiophene rings is 1. The minimum absolute atomic E-state index is 0.167. The lowest BCUT2D eigenvalue weighted by Crippen LogP contribution is -2.18. The van der Waals surface area contributed by atoms with Gasteiger partial charge in [0.25, 0.3) is 5.91 Å². The zero-order valence-electron chi connectivity index (χ0n) is 18.1. The average molecular weight is 446 g/mol. The molecule has 162 valence electrons. The molecule has 0 saturated heterocycles. The molecule has 4 nitrogen and oxygen atoms in total. The highest BCUT2D eigenvalue weighted by Crippen LogP contribution is 2.41. The quantitative estimate of drug-likeness (QED) is 0.349. The number of aromatic nitrogens is 1. The molecular formula is C26H24FN3OS. The minimum Gasteiger partial charge on any atom is -0.359 e. The van der Waals surface area contributed by atoms with Crippen molar-refractivity contribution in [3.8, 4) is 0 Å². The van der Waals surface area contributed by atoms with Gasteiger partial charge < -0.3 is 10.6 Å².